The number of hydrogen-bond donors (Lipinski definition) is 0. The van der Waals surface area contributed by atoms with E-state index in [0.717, 1.165) is 40.5 Å². The first kappa shape index (κ1) is 17.6. The Kier molecular flexibility index (Phi) is 4.87. The first-order valence-electron chi connectivity index (χ1n) is 7.34. The molecule has 0 aliphatic heterocycles. The molecule has 0 N–H and O–H groups in total. The second-order valence-corrected chi connectivity index (χ2v) is 5.82. The SMILES string of the molecule is Cc1cc(C)n([C-](n2nc(C)cc2C)n2nc(C)cc2C)n1.[Ti]. The molecule has 7 heteroatoms. The Labute approximate surface area is 151 Å². The van der Waals surface area contributed by atoms with Crippen LogP contribution in [0, 0.1) is 47.8 Å². The van der Waals surface area contributed by atoms with Crippen LogP contribution in [0.2, 0.25) is 0 Å². The van der Waals surface area contributed by atoms with Gasteiger partial charge in [0, 0.05) is 38.8 Å². The summed E-state index contributed by atoms with van der Waals surface area (Å²) in [6, 6.07) is 6.16. The molecule has 0 aliphatic carbocycles. The minimum Gasteiger partial charge on any atom is -0.283 e. The van der Waals surface area contributed by atoms with Crippen molar-refractivity contribution >= 4 is 0 Å². The Balaban J connectivity index is 0.00000192. The Hall–Kier alpha value is -1.79. The third-order valence-electron chi connectivity index (χ3n) is 3.60. The molecule has 0 spiro atoms. The van der Waals surface area contributed by atoms with Crippen LogP contribution >= 0.6 is 0 Å². The molecule has 0 radical (unpaired) electrons. The van der Waals surface area contributed by atoms with Crippen LogP contribution in [0.1, 0.15) is 34.2 Å². The maximum atomic E-state index is 4.62. The molecule has 0 atom stereocenters. The van der Waals surface area contributed by atoms with Gasteiger partial charge in [0.25, 0.3) is 0 Å². The van der Waals surface area contributed by atoms with Crippen LogP contribution in [0.5, 0.6) is 0 Å². The molecular weight excluding hydrogens is 324 g/mol. The first-order chi connectivity index (χ1) is 10.4. The molecular formula is C16H21N6Ti-. The molecule has 3 aromatic heterocycles. The number of aryl methyl sites for hydroxylation is 6. The Morgan fingerprint density at radius 1 is 0.609 bits per heavy atom. The zero-order chi connectivity index (χ0) is 16.0. The molecule has 0 saturated carbocycles. The van der Waals surface area contributed by atoms with Gasteiger partial charge in [0.15, 0.2) is 6.29 Å². The average molecular weight is 345 g/mol. The van der Waals surface area contributed by atoms with Crippen LogP contribution < -0.4 is 0 Å². The van der Waals surface area contributed by atoms with Gasteiger partial charge in [0.05, 0.1) is 0 Å². The van der Waals surface area contributed by atoms with E-state index in [9.17, 15) is 0 Å². The molecule has 120 valence electrons. The molecule has 0 bridgehead atoms. The van der Waals surface area contributed by atoms with Crippen molar-refractivity contribution in [2.75, 3.05) is 0 Å². The van der Waals surface area contributed by atoms with Gasteiger partial charge in [-0.05, 0) is 37.9 Å². The fraction of sp³-hybridized carbons (Fsp3) is 0.375. The van der Waals surface area contributed by atoms with E-state index in [1.807, 2.05) is 55.6 Å². The third-order valence-corrected chi connectivity index (χ3v) is 3.60. The average Bonchev–Trinajstić information content (AvgIpc) is 3.02. The monoisotopic (exact) mass is 345 g/mol. The van der Waals surface area contributed by atoms with Crippen LogP contribution in [0.25, 0.3) is 0 Å². The summed E-state index contributed by atoms with van der Waals surface area (Å²) in [4.78, 5) is 0. The fourth-order valence-electron chi connectivity index (χ4n) is 2.76. The van der Waals surface area contributed by atoms with Crippen molar-refractivity contribution in [3.8, 4) is 0 Å². The molecule has 3 aromatic rings. The second-order valence-electron chi connectivity index (χ2n) is 5.82. The molecule has 23 heavy (non-hydrogen) atoms. The van der Waals surface area contributed by atoms with Gasteiger partial charge in [0.2, 0.25) is 0 Å². The van der Waals surface area contributed by atoms with E-state index in [2.05, 4.69) is 33.5 Å². The summed E-state index contributed by atoms with van der Waals surface area (Å²) in [7, 11) is 0. The maximum Gasteiger partial charge on any atom is 0.161 e. The van der Waals surface area contributed by atoms with Gasteiger partial charge in [-0.25, -0.2) is 0 Å². The standard InChI is InChI=1S/C16H21N6.Ti/c1-10-7-13(4)20(17-10)16(21-14(5)8-11(2)18-21)22-15(6)9-12(3)19-22;/h7-9H,1-6H3;/q-1;. The third kappa shape index (κ3) is 3.14. The van der Waals surface area contributed by atoms with Gasteiger partial charge in [-0.15, -0.1) is 0 Å². The van der Waals surface area contributed by atoms with Crippen LogP contribution in [-0.4, -0.2) is 29.3 Å². The van der Waals surface area contributed by atoms with Gasteiger partial charge in [-0.1, -0.05) is 39.0 Å². The summed E-state index contributed by atoms with van der Waals surface area (Å²) < 4.78 is 5.69. The summed E-state index contributed by atoms with van der Waals surface area (Å²) in [5.74, 6) is 0. The van der Waals surface area contributed by atoms with Crippen molar-refractivity contribution < 1.29 is 21.7 Å². The van der Waals surface area contributed by atoms with E-state index < -0.39 is 0 Å². The van der Waals surface area contributed by atoms with Crippen molar-refractivity contribution in [1.82, 2.24) is 29.3 Å². The van der Waals surface area contributed by atoms with E-state index in [-0.39, 0.29) is 21.7 Å². The minimum atomic E-state index is 0. The van der Waals surface area contributed by atoms with E-state index in [4.69, 9.17) is 0 Å². The van der Waals surface area contributed by atoms with E-state index in [1.165, 1.54) is 0 Å². The zero-order valence-electron chi connectivity index (χ0n) is 14.4. The molecule has 0 fully saturated rings. The number of hydrogen-bond acceptors (Lipinski definition) is 3. The number of aromatic nitrogens is 6. The molecule has 6 nitrogen and oxygen atoms in total. The van der Waals surface area contributed by atoms with Crippen LogP contribution in [0.4, 0.5) is 0 Å². The number of rotatable bonds is 3. The smallest absolute Gasteiger partial charge is 0.161 e. The number of nitrogens with zero attached hydrogens (tertiary/aromatic N) is 6. The normalized spacial score (nSPS) is 10.7. The largest absolute Gasteiger partial charge is 0.283 e. The van der Waals surface area contributed by atoms with Crippen molar-refractivity contribution in [3.63, 3.8) is 0 Å². The van der Waals surface area contributed by atoms with Crippen molar-refractivity contribution in [2.24, 2.45) is 0 Å². The zero-order valence-corrected chi connectivity index (χ0v) is 16.0. The Bertz CT molecular complexity index is 716. The summed E-state index contributed by atoms with van der Waals surface area (Å²) >= 11 is 0. The molecule has 0 aliphatic rings. The first-order valence-corrected chi connectivity index (χ1v) is 7.34. The molecule has 0 amide bonds. The summed E-state index contributed by atoms with van der Waals surface area (Å²) in [5.41, 5.74) is 6.06. The quantitative estimate of drug-likeness (QED) is 0.541. The molecule has 0 aromatic carbocycles. The Morgan fingerprint density at radius 3 is 1.04 bits per heavy atom. The van der Waals surface area contributed by atoms with Crippen LogP contribution in [0.3, 0.4) is 0 Å². The predicted molar refractivity (Wildman–Crippen MR) is 84.5 cm³/mol. The maximum absolute atomic E-state index is 4.62. The van der Waals surface area contributed by atoms with Gasteiger partial charge >= 0.3 is 0 Å². The molecule has 0 saturated heterocycles. The van der Waals surface area contributed by atoms with Crippen molar-refractivity contribution in [3.05, 3.63) is 58.7 Å². The minimum absolute atomic E-state index is 0. The van der Waals surface area contributed by atoms with E-state index >= 15 is 0 Å². The topological polar surface area (TPSA) is 53.5 Å². The Morgan fingerprint density at radius 2 is 0.870 bits per heavy atom. The molecule has 0 unspecified atom stereocenters. The van der Waals surface area contributed by atoms with Crippen molar-refractivity contribution in [1.29, 1.82) is 0 Å². The van der Waals surface area contributed by atoms with E-state index in [1.54, 1.807) is 0 Å². The van der Waals surface area contributed by atoms with E-state index in [0.29, 0.717) is 0 Å². The predicted octanol–water partition coefficient (Wildman–Crippen LogP) is 2.52. The second kappa shape index (κ2) is 6.38. The van der Waals surface area contributed by atoms with Gasteiger partial charge in [0.1, 0.15) is 0 Å². The van der Waals surface area contributed by atoms with Gasteiger partial charge < -0.3 is 0 Å². The van der Waals surface area contributed by atoms with Crippen LogP contribution in [-0.2, 0) is 21.7 Å². The summed E-state index contributed by atoms with van der Waals surface area (Å²) in [5, 5.41) is 13.9. The van der Waals surface area contributed by atoms with Crippen LogP contribution in [0.15, 0.2) is 18.2 Å². The summed E-state index contributed by atoms with van der Waals surface area (Å²) in [6.45, 7) is 12.1. The van der Waals surface area contributed by atoms with Gasteiger partial charge in [-0.3, -0.25) is 14.0 Å². The van der Waals surface area contributed by atoms with Crippen molar-refractivity contribution in [2.45, 2.75) is 41.5 Å². The van der Waals surface area contributed by atoms with Gasteiger partial charge in [-0.2, -0.15) is 15.3 Å². The fourth-order valence-corrected chi connectivity index (χ4v) is 2.76. The molecule has 3 heterocycles. The summed E-state index contributed by atoms with van der Waals surface area (Å²) in [6.07, 6.45) is 0.807. The molecule has 3 rings (SSSR count).